The zero-order valence-electron chi connectivity index (χ0n) is 28.2. The molecule has 3 rings (SSSR count). The molecule has 0 aliphatic heterocycles. The summed E-state index contributed by atoms with van der Waals surface area (Å²) in [7, 11) is -0.575. The average Bonchev–Trinajstić information content (AvgIpc) is 3.03. The Morgan fingerprint density at radius 2 is 0.628 bits per heavy atom. The normalized spacial score (nSPS) is 11.4. The van der Waals surface area contributed by atoms with Crippen LogP contribution in [0.5, 0.6) is 0 Å². The maximum Gasteiger partial charge on any atom is -0.0134 e. The molecule has 0 amide bonds. The molecular formula is C42H63P. The van der Waals surface area contributed by atoms with Crippen molar-refractivity contribution in [3.8, 4) is 0 Å². The standard InChI is InChI=1S/C42H63P/c1-4-7-10-13-16-19-25-37-28-22-31-40(34-37)43(41-32-23-29-38(35-41)26-20-17-14-11-8-5-2)42-33-24-30-39(36-42)27-21-18-15-12-9-6-3/h22-24,28-36H,4-21,25-27H2,1-3H3. The van der Waals surface area contributed by atoms with Crippen molar-refractivity contribution >= 4 is 23.8 Å². The van der Waals surface area contributed by atoms with E-state index in [-0.39, 0.29) is 0 Å². The van der Waals surface area contributed by atoms with Gasteiger partial charge in [0.25, 0.3) is 0 Å². The van der Waals surface area contributed by atoms with Crippen molar-refractivity contribution in [3.05, 3.63) is 89.5 Å². The summed E-state index contributed by atoms with van der Waals surface area (Å²) in [6.45, 7) is 6.91. The number of hydrogen-bond acceptors (Lipinski definition) is 0. The Balaban J connectivity index is 1.77. The Hall–Kier alpha value is -1.91. The van der Waals surface area contributed by atoms with Crippen molar-refractivity contribution in [1.29, 1.82) is 0 Å². The fraction of sp³-hybridized carbons (Fsp3) is 0.571. The van der Waals surface area contributed by atoms with Crippen LogP contribution in [0.2, 0.25) is 0 Å². The number of rotatable bonds is 24. The molecule has 0 spiro atoms. The van der Waals surface area contributed by atoms with Gasteiger partial charge < -0.3 is 0 Å². The van der Waals surface area contributed by atoms with Crippen LogP contribution in [0.3, 0.4) is 0 Å². The summed E-state index contributed by atoms with van der Waals surface area (Å²) in [5.41, 5.74) is 4.56. The van der Waals surface area contributed by atoms with E-state index in [1.807, 2.05) is 0 Å². The van der Waals surface area contributed by atoms with Crippen LogP contribution in [0.4, 0.5) is 0 Å². The molecule has 0 nitrogen and oxygen atoms in total. The highest BCUT2D eigenvalue weighted by atomic mass is 31.1. The largest absolute Gasteiger partial charge is 0.0654 e. The molecule has 0 saturated heterocycles. The summed E-state index contributed by atoms with van der Waals surface area (Å²) < 4.78 is 0. The summed E-state index contributed by atoms with van der Waals surface area (Å²) in [5, 5.41) is 4.56. The van der Waals surface area contributed by atoms with Crippen LogP contribution in [0.1, 0.15) is 153 Å². The Kier molecular flexibility index (Phi) is 18.7. The first-order valence-corrected chi connectivity index (χ1v) is 19.7. The summed E-state index contributed by atoms with van der Waals surface area (Å²) in [4.78, 5) is 0. The Morgan fingerprint density at radius 1 is 0.349 bits per heavy atom. The van der Waals surface area contributed by atoms with Crippen molar-refractivity contribution < 1.29 is 0 Å². The molecule has 0 bridgehead atoms. The lowest BCUT2D eigenvalue weighted by molar-refractivity contribution is 0.607. The first kappa shape index (κ1) is 35.6. The number of unbranched alkanes of at least 4 members (excludes halogenated alkanes) is 15. The van der Waals surface area contributed by atoms with E-state index in [4.69, 9.17) is 0 Å². The van der Waals surface area contributed by atoms with Crippen LogP contribution >= 0.6 is 7.92 Å². The molecule has 0 atom stereocenters. The fourth-order valence-corrected chi connectivity index (χ4v) is 8.81. The van der Waals surface area contributed by atoms with E-state index in [1.54, 1.807) is 0 Å². The highest BCUT2D eigenvalue weighted by molar-refractivity contribution is 7.79. The SMILES string of the molecule is CCCCCCCCc1cccc(P(c2cccc(CCCCCCCC)c2)c2cccc(CCCCCCCC)c2)c1. The van der Waals surface area contributed by atoms with E-state index in [9.17, 15) is 0 Å². The molecule has 0 aromatic heterocycles. The lowest BCUT2D eigenvalue weighted by atomic mass is 10.0. The third-order valence-electron chi connectivity index (χ3n) is 8.96. The fourth-order valence-electron chi connectivity index (χ4n) is 6.33. The van der Waals surface area contributed by atoms with Gasteiger partial charge >= 0.3 is 0 Å². The maximum atomic E-state index is 2.55. The minimum atomic E-state index is -0.575. The smallest absolute Gasteiger partial charge is 0.0134 e. The van der Waals surface area contributed by atoms with Crippen LogP contribution in [0.25, 0.3) is 0 Å². The van der Waals surface area contributed by atoms with Gasteiger partial charge in [-0.25, -0.2) is 0 Å². The molecule has 3 aromatic rings. The molecule has 0 fully saturated rings. The minimum absolute atomic E-state index is 0.575. The summed E-state index contributed by atoms with van der Waals surface area (Å²) in [5.74, 6) is 0. The molecule has 3 aromatic carbocycles. The maximum absolute atomic E-state index is 2.55. The zero-order valence-corrected chi connectivity index (χ0v) is 29.1. The van der Waals surface area contributed by atoms with E-state index in [2.05, 4.69) is 93.6 Å². The molecule has 1 heteroatoms. The summed E-state index contributed by atoms with van der Waals surface area (Å²) in [6, 6.07) is 29.0. The predicted molar refractivity (Wildman–Crippen MR) is 196 cm³/mol. The lowest BCUT2D eigenvalue weighted by Gasteiger charge is -2.22. The monoisotopic (exact) mass is 598 g/mol. The Labute approximate surface area is 268 Å². The van der Waals surface area contributed by atoms with Crippen molar-refractivity contribution in [2.45, 2.75) is 156 Å². The topological polar surface area (TPSA) is 0 Å². The molecular weight excluding hydrogens is 535 g/mol. The molecule has 0 saturated carbocycles. The molecule has 0 N–H and O–H groups in total. The van der Waals surface area contributed by atoms with E-state index >= 15 is 0 Å². The van der Waals surface area contributed by atoms with Gasteiger partial charge in [0.05, 0.1) is 0 Å². The van der Waals surface area contributed by atoms with Crippen LogP contribution in [0.15, 0.2) is 72.8 Å². The van der Waals surface area contributed by atoms with Gasteiger partial charge in [0, 0.05) is 0 Å². The van der Waals surface area contributed by atoms with E-state index in [1.165, 1.54) is 167 Å². The van der Waals surface area contributed by atoms with Crippen molar-refractivity contribution in [3.63, 3.8) is 0 Å². The van der Waals surface area contributed by atoms with Gasteiger partial charge in [0.1, 0.15) is 0 Å². The highest BCUT2D eigenvalue weighted by Crippen LogP contribution is 2.34. The van der Waals surface area contributed by atoms with Crippen molar-refractivity contribution in [1.82, 2.24) is 0 Å². The number of aryl methyl sites for hydroxylation is 3. The van der Waals surface area contributed by atoms with Gasteiger partial charge in [-0.1, -0.05) is 190 Å². The molecule has 0 aliphatic rings. The first-order chi connectivity index (χ1) is 21.2. The second-order valence-corrected chi connectivity index (χ2v) is 15.1. The van der Waals surface area contributed by atoms with E-state index in [0.29, 0.717) is 0 Å². The highest BCUT2D eigenvalue weighted by Gasteiger charge is 2.18. The van der Waals surface area contributed by atoms with Gasteiger partial charge in [0.2, 0.25) is 0 Å². The van der Waals surface area contributed by atoms with Crippen LogP contribution in [-0.4, -0.2) is 0 Å². The third kappa shape index (κ3) is 14.2. The minimum Gasteiger partial charge on any atom is -0.0654 e. The molecule has 0 heterocycles. The predicted octanol–water partition coefficient (Wildman–Crippen LogP) is 12.2. The third-order valence-corrected chi connectivity index (χ3v) is 11.3. The average molecular weight is 599 g/mol. The molecule has 0 unspecified atom stereocenters. The van der Waals surface area contributed by atoms with E-state index < -0.39 is 7.92 Å². The number of benzene rings is 3. The van der Waals surface area contributed by atoms with E-state index in [0.717, 1.165) is 0 Å². The van der Waals surface area contributed by atoms with Crippen molar-refractivity contribution in [2.24, 2.45) is 0 Å². The van der Waals surface area contributed by atoms with Gasteiger partial charge in [-0.3, -0.25) is 0 Å². The second kappa shape index (κ2) is 22.6. The van der Waals surface area contributed by atoms with Gasteiger partial charge in [0.15, 0.2) is 0 Å². The number of hydrogen-bond donors (Lipinski definition) is 0. The lowest BCUT2D eigenvalue weighted by Crippen LogP contribution is -2.22. The van der Waals surface area contributed by atoms with Gasteiger partial charge in [-0.15, -0.1) is 0 Å². The molecule has 236 valence electrons. The Morgan fingerprint density at radius 3 is 0.930 bits per heavy atom. The second-order valence-electron chi connectivity index (χ2n) is 12.9. The van der Waals surface area contributed by atoms with Gasteiger partial charge in [-0.05, 0) is 79.1 Å². The van der Waals surface area contributed by atoms with Crippen molar-refractivity contribution in [2.75, 3.05) is 0 Å². The molecule has 43 heavy (non-hydrogen) atoms. The summed E-state index contributed by atoms with van der Waals surface area (Å²) >= 11 is 0. The molecule has 0 aliphatic carbocycles. The van der Waals surface area contributed by atoms with Gasteiger partial charge in [-0.2, -0.15) is 0 Å². The Bertz CT molecular complexity index is 974. The first-order valence-electron chi connectivity index (χ1n) is 18.3. The van der Waals surface area contributed by atoms with Crippen LogP contribution < -0.4 is 15.9 Å². The van der Waals surface area contributed by atoms with Crippen LogP contribution in [0, 0.1) is 0 Å². The quantitative estimate of drug-likeness (QED) is 0.0710. The zero-order chi connectivity index (χ0) is 30.4. The summed E-state index contributed by atoms with van der Waals surface area (Å²) in [6.07, 6.45) is 28.1. The molecule has 0 radical (unpaired) electrons. The van der Waals surface area contributed by atoms with Crippen LogP contribution in [-0.2, 0) is 19.3 Å².